The molecule has 1 saturated carbocycles. The molecule has 0 aliphatic heterocycles. The van der Waals surface area contributed by atoms with Crippen molar-refractivity contribution in [1.29, 1.82) is 0 Å². The van der Waals surface area contributed by atoms with Gasteiger partial charge in [0.05, 0.1) is 18.1 Å². The lowest BCUT2D eigenvalue weighted by atomic mass is 9.82. The number of benzene rings is 1. The lowest BCUT2D eigenvalue weighted by molar-refractivity contribution is -0.137. The van der Waals surface area contributed by atoms with Gasteiger partial charge in [-0.2, -0.15) is 0 Å². The van der Waals surface area contributed by atoms with E-state index in [0.29, 0.717) is 31.7 Å². The Bertz CT molecular complexity index is 1070. The molecule has 0 saturated heterocycles. The van der Waals surface area contributed by atoms with Crippen molar-refractivity contribution < 1.29 is 24.6 Å². The van der Waals surface area contributed by atoms with E-state index in [1.54, 1.807) is 11.9 Å². The molecule has 0 unspecified atom stereocenters. The minimum Gasteiger partial charge on any atom is -0.390 e. The van der Waals surface area contributed by atoms with Gasteiger partial charge in [0.25, 0.3) is 0 Å². The smallest absolute Gasteiger partial charge is 0.243 e. The van der Waals surface area contributed by atoms with E-state index < -0.39 is 42.0 Å². The number of likely N-dealkylation sites (N-methyl/N-ethyl adjacent to an activating group) is 2. The Balaban J connectivity index is 2.21. The number of carbonyl (C=O) groups excluding carboxylic acids is 3. The SMILES string of the molecule is C#CC[C@H](NC(=O)[C@@H](CC(=O)N(C)CCN(C)CC)Cc1ccccc1)C(=O)N[C@@H](CC1CCCCC1)[C@@H](O)[C@@H](O)CC(C)C. The van der Waals surface area contributed by atoms with Crippen LogP contribution in [0.5, 0.6) is 0 Å². The highest BCUT2D eigenvalue weighted by Crippen LogP contribution is 2.29. The molecule has 1 fully saturated rings. The van der Waals surface area contributed by atoms with Crippen molar-refractivity contribution in [3.05, 3.63) is 35.9 Å². The lowest BCUT2D eigenvalue weighted by Crippen LogP contribution is -2.56. The van der Waals surface area contributed by atoms with Gasteiger partial charge in [0.15, 0.2) is 0 Å². The van der Waals surface area contributed by atoms with Gasteiger partial charge < -0.3 is 30.6 Å². The van der Waals surface area contributed by atoms with Gasteiger partial charge in [-0.3, -0.25) is 14.4 Å². The third-order valence-electron chi connectivity index (χ3n) is 9.01. The fraction of sp³-hybridized carbons (Fsp3) is 0.694. The molecule has 2 rings (SSSR count). The molecule has 1 aliphatic rings. The molecule has 0 aromatic heterocycles. The number of hydrogen-bond acceptors (Lipinski definition) is 6. The van der Waals surface area contributed by atoms with Gasteiger partial charge in [0.1, 0.15) is 12.1 Å². The summed E-state index contributed by atoms with van der Waals surface area (Å²) in [6, 6.07) is 7.77. The summed E-state index contributed by atoms with van der Waals surface area (Å²) in [5.41, 5.74) is 0.909. The first-order chi connectivity index (χ1) is 21.4. The molecule has 252 valence electrons. The van der Waals surface area contributed by atoms with E-state index in [9.17, 15) is 24.6 Å². The summed E-state index contributed by atoms with van der Waals surface area (Å²) in [6.45, 7) is 8.13. The van der Waals surface area contributed by atoms with Crippen LogP contribution >= 0.6 is 0 Å². The first-order valence-corrected chi connectivity index (χ1v) is 16.8. The lowest BCUT2D eigenvalue weighted by Gasteiger charge is -2.33. The van der Waals surface area contributed by atoms with Crippen molar-refractivity contribution >= 4 is 17.7 Å². The molecule has 0 spiro atoms. The van der Waals surface area contributed by atoms with Gasteiger partial charge in [0, 0.05) is 33.0 Å². The number of nitrogens with zero attached hydrogens (tertiary/aromatic N) is 2. The third-order valence-corrected chi connectivity index (χ3v) is 9.01. The summed E-state index contributed by atoms with van der Waals surface area (Å²) in [5.74, 6) is 1.22. The van der Waals surface area contributed by atoms with Crippen molar-refractivity contribution in [1.82, 2.24) is 20.4 Å². The molecule has 4 N–H and O–H groups in total. The van der Waals surface area contributed by atoms with Gasteiger partial charge in [-0.15, -0.1) is 12.3 Å². The monoisotopic (exact) mass is 626 g/mol. The second-order valence-electron chi connectivity index (χ2n) is 13.3. The first kappa shape index (κ1) is 38.3. The maximum absolute atomic E-state index is 13.7. The van der Waals surface area contributed by atoms with Crippen LogP contribution in [-0.2, 0) is 20.8 Å². The Morgan fingerprint density at radius 1 is 1.00 bits per heavy atom. The predicted octanol–water partition coefficient (Wildman–Crippen LogP) is 3.38. The molecule has 1 aliphatic carbocycles. The van der Waals surface area contributed by atoms with E-state index in [1.165, 1.54) is 6.42 Å². The normalized spacial score (nSPS) is 17.2. The summed E-state index contributed by atoms with van der Waals surface area (Å²) in [7, 11) is 3.73. The topological polar surface area (TPSA) is 122 Å². The molecular formula is C36H58N4O5. The number of terminal acetylenes is 1. The molecular weight excluding hydrogens is 568 g/mol. The van der Waals surface area contributed by atoms with Gasteiger partial charge >= 0.3 is 0 Å². The maximum Gasteiger partial charge on any atom is 0.243 e. The van der Waals surface area contributed by atoms with Crippen LogP contribution in [0.4, 0.5) is 0 Å². The quantitative estimate of drug-likeness (QED) is 0.175. The number of rotatable bonds is 19. The number of hydrogen-bond donors (Lipinski definition) is 4. The second kappa shape index (κ2) is 20.2. The van der Waals surface area contributed by atoms with E-state index in [2.05, 4.69) is 28.4 Å². The minimum atomic E-state index is -1.15. The highest BCUT2D eigenvalue weighted by molar-refractivity contribution is 5.91. The molecule has 1 aromatic carbocycles. The highest BCUT2D eigenvalue weighted by atomic mass is 16.3. The molecule has 1 aromatic rings. The van der Waals surface area contributed by atoms with Gasteiger partial charge in [-0.1, -0.05) is 83.2 Å². The van der Waals surface area contributed by atoms with Crippen LogP contribution in [0.3, 0.4) is 0 Å². The van der Waals surface area contributed by atoms with Crippen LogP contribution in [0.2, 0.25) is 0 Å². The van der Waals surface area contributed by atoms with Crippen LogP contribution < -0.4 is 10.6 Å². The fourth-order valence-electron chi connectivity index (χ4n) is 5.98. The Morgan fingerprint density at radius 3 is 2.27 bits per heavy atom. The van der Waals surface area contributed by atoms with Crippen LogP contribution in [0, 0.1) is 30.1 Å². The van der Waals surface area contributed by atoms with E-state index in [0.717, 1.165) is 44.3 Å². The minimum absolute atomic E-state index is 0.0120. The third kappa shape index (κ3) is 13.9. The number of nitrogens with one attached hydrogen (secondary N) is 2. The van der Waals surface area contributed by atoms with Crippen molar-refractivity contribution in [3.8, 4) is 12.3 Å². The zero-order valence-corrected chi connectivity index (χ0v) is 28.2. The Hall–Kier alpha value is -2.93. The largest absolute Gasteiger partial charge is 0.390 e. The Morgan fingerprint density at radius 2 is 1.67 bits per heavy atom. The maximum atomic E-state index is 13.7. The zero-order chi connectivity index (χ0) is 33.4. The molecule has 3 amide bonds. The van der Waals surface area contributed by atoms with Crippen LogP contribution in [0.25, 0.3) is 0 Å². The van der Waals surface area contributed by atoms with Gasteiger partial charge in [-0.05, 0) is 50.3 Å². The predicted molar refractivity (Wildman–Crippen MR) is 179 cm³/mol. The molecule has 5 atom stereocenters. The molecule has 0 heterocycles. The van der Waals surface area contributed by atoms with Crippen molar-refractivity contribution in [2.75, 3.05) is 33.7 Å². The first-order valence-electron chi connectivity index (χ1n) is 16.8. The number of aliphatic hydroxyl groups is 2. The Labute approximate surface area is 271 Å². The van der Waals surface area contributed by atoms with E-state index >= 15 is 0 Å². The fourth-order valence-corrected chi connectivity index (χ4v) is 5.98. The standard InChI is InChI=1S/C36H58N4O5/c1-7-15-30(36(45)38-31(24-28-18-13-10-14-19-28)34(43)32(41)22-26(3)4)37-35(44)29(23-27-16-11-9-12-17-27)25-33(42)40(6)21-20-39(5)8-2/h1,9,11-12,16-17,26,28-32,34,41,43H,8,10,13-15,18-25H2,2-6H3,(H,37,44)(H,38,45)/t29-,30+,31+,32+,34-/m1/s1. The van der Waals surface area contributed by atoms with Gasteiger partial charge in [-0.25, -0.2) is 0 Å². The molecule has 9 heteroatoms. The number of amides is 3. The number of aliphatic hydroxyl groups excluding tert-OH is 2. The summed E-state index contributed by atoms with van der Waals surface area (Å²) >= 11 is 0. The van der Waals surface area contributed by atoms with Crippen LogP contribution in [0.15, 0.2) is 30.3 Å². The summed E-state index contributed by atoms with van der Waals surface area (Å²) in [4.78, 5) is 44.4. The van der Waals surface area contributed by atoms with E-state index in [4.69, 9.17) is 6.42 Å². The average molecular weight is 627 g/mol. The van der Waals surface area contributed by atoms with E-state index in [1.807, 2.05) is 51.2 Å². The van der Waals surface area contributed by atoms with Crippen LogP contribution in [0.1, 0.15) is 84.1 Å². The van der Waals surface area contributed by atoms with Gasteiger partial charge in [0.2, 0.25) is 17.7 Å². The van der Waals surface area contributed by atoms with Crippen molar-refractivity contribution in [3.63, 3.8) is 0 Å². The van der Waals surface area contributed by atoms with Crippen molar-refractivity contribution in [2.24, 2.45) is 17.8 Å². The van der Waals surface area contributed by atoms with Crippen molar-refractivity contribution in [2.45, 2.75) is 109 Å². The Kier molecular flexibility index (Phi) is 17.2. The number of carbonyl (C=O) groups is 3. The highest BCUT2D eigenvalue weighted by Gasteiger charge is 2.34. The molecule has 9 nitrogen and oxygen atoms in total. The average Bonchev–Trinajstić information content (AvgIpc) is 3.02. The van der Waals surface area contributed by atoms with E-state index in [-0.39, 0.29) is 24.7 Å². The molecule has 0 bridgehead atoms. The second-order valence-corrected chi connectivity index (χ2v) is 13.3. The molecule has 0 radical (unpaired) electrons. The zero-order valence-electron chi connectivity index (χ0n) is 28.2. The summed E-state index contributed by atoms with van der Waals surface area (Å²) in [5, 5.41) is 27.7. The molecule has 45 heavy (non-hydrogen) atoms. The summed E-state index contributed by atoms with van der Waals surface area (Å²) in [6.07, 6.45) is 10.2. The summed E-state index contributed by atoms with van der Waals surface area (Å²) < 4.78 is 0. The van der Waals surface area contributed by atoms with Crippen LogP contribution in [-0.4, -0.2) is 95.8 Å².